The smallest absolute Gasteiger partial charge is 0.274 e. The number of carbonyl (C=O) groups is 1. The van der Waals surface area contributed by atoms with Crippen LogP contribution in [0, 0.1) is 5.92 Å². The van der Waals surface area contributed by atoms with Crippen molar-refractivity contribution in [2.75, 3.05) is 18.4 Å². The first-order valence-corrected chi connectivity index (χ1v) is 8.50. The van der Waals surface area contributed by atoms with E-state index in [-0.39, 0.29) is 11.8 Å². The molecule has 1 unspecified atom stereocenters. The molecule has 3 aromatic rings. The highest BCUT2D eigenvalue weighted by Crippen LogP contribution is 2.18. The van der Waals surface area contributed by atoms with Crippen molar-refractivity contribution in [3.05, 3.63) is 66.6 Å². The zero-order valence-corrected chi connectivity index (χ0v) is 14.2. The molecule has 0 saturated heterocycles. The fourth-order valence-corrected chi connectivity index (χ4v) is 3.10. The van der Waals surface area contributed by atoms with Crippen molar-refractivity contribution in [2.45, 2.75) is 13.1 Å². The number of hydrogen-bond acceptors (Lipinski definition) is 6. The van der Waals surface area contributed by atoms with Crippen molar-refractivity contribution < 1.29 is 4.79 Å². The molecule has 0 fully saturated rings. The van der Waals surface area contributed by atoms with Crippen molar-refractivity contribution >= 4 is 11.7 Å². The van der Waals surface area contributed by atoms with Crippen LogP contribution in [0.25, 0.3) is 0 Å². The third-order valence-corrected chi connectivity index (χ3v) is 4.37. The summed E-state index contributed by atoms with van der Waals surface area (Å²) in [5.41, 5.74) is 1.37. The number of anilines is 1. The van der Waals surface area contributed by atoms with Gasteiger partial charge in [0.15, 0.2) is 0 Å². The molecule has 4 rings (SSSR count). The Morgan fingerprint density at radius 2 is 2.08 bits per heavy atom. The number of nitrogens with zero attached hydrogens (tertiary/aromatic N) is 6. The highest BCUT2D eigenvalue weighted by molar-refractivity contribution is 5.91. The minimum Gasteiger partial charge on any atom is -0.370 e. The van der Waals surface area contributed by atoms with Crippen molar-refractivity contribution in [2.24, 2.45) is 5.92 Å². The average Bonchev–Trinajstić information content (AvgIpc) is 3.05. The molecule has 1 atom stereocenters. The van der Waals surface area contributed by atoms with E-state index in [1.165, 1.54) is 12.4 Å². The summed E-state index contributed by atoms with van der Waals surface area (Å²) in [5, 5.41) is 7.74. The largest absolute Gasteiger partial charge is 0.370 e. The summed E-state index contributed by atoms with van der Waals surface area (Å²) in [4.78, 5) is 27.1. The van der Waals surface area contributed by atoms with Crippen LogP contribution < -0.4 is 5.32 Å². The Morgan fingerprint density at radius 1 is 1.12 bits per heavy atom. The van der Waals surface area contributed by atoms with Gasteiger partial charge >= 0.3 is 0 Å². The summed E-state index contributed by atoms with van der Waals surface area (Å²) in [6.45, 7) is 2.56. The first-order valence-electron chi connectivity index (χ1n) is 8.50. The van der Waals surface area contributed by atoms with Gasteiger partial charge < -0.3 is 10.2 Å². The van der Waals surface area contributed by atoms with E-state index < -0.39 is 0 Å². The molecule has 132 valence electrons. The van der Waals surface area contributed by atoms with Crippen LogP contribution in [0.3, 0.4) is 0 Å². The van der Waals surface area contributed by atoms with E-state index in [9.17, 15) is 4.79 Å². The fraction of sp³-hybridized carbons (Fsp3) is 0.278. The number of amides is 1. The Morgan fingerprint density at radius 3 is 2.88 bits per heavy atom. The monoisotopic (exact) mass is 349 g/mol. The summed E-state index contributed by atoms with van der Waals surface area (Å²) in [5.74, 6) is 0.901. The summed E-state index contributed by atoms with van der Waals surface area (Å²) in [6.07, 6.45) is 8.13. The molecule has 8 nitrogen and oxygen atoms in total. The number of hydrogen-bond donors (Lipinski definition) is 1. The molecule has 0 spiro atoms. The standard InChI is InChI=1S/C18H19N7O/c26-18(16-10-19-7-8-20-16)24-11-14(9-22-17-3-1-2-5-21-17)12-25-15(13-24)4-6-23-25/h1-8,10,14H,9,11-13H2,(H,21,22). The topological polar surface area (TPSA) is 88.8 Å². The number of carbonyl (C=O) groups excluding carboxylic acids is 1. The van der Waals surface area contributed by atoms with Gasteiger partial charge in [-0.05, 0) is 18.2 Å². The molecule has 26 heavy (non-hydrogen) atoms. The molecule has 8 heteroatoms. The molecule has 0 aliphatic carbocycles. The van der Waals surface area contributed by atoms with Crippen LogP contribution in [0.2, 0.25) is 0 Å². The Kier molecular flexibility index (Phi) is 4.55. The minimum absolute atomic E-state index is 0.115. The van der Waals surface area contributed by atoms with E-state index in [0.29, 0.717) is 25.3 Å². The molecular weight excluding hydrogens is 330 g/mol. The van der Waals surface area contributed by atoms with Gasteiger partial charge in [-0.25, -0.2) is 9.97 Å². The molecule has 1 aliphatic heterocycles. The van der Waals surface area contributed by atoms with Gasteiger partial charge in [-0.2, -0.15) is 5.10 Å². The lowest BCUT2D eigenvalue weighted by atomic mass is 10.1. The maximum Gasteiger partial charge on any atom is 0.274 e. The van der Waals surface area contributed by atoms with E-state index in [0.717, 1.165) is 18.1 Å². The van der Waals surface area contributed by atoms with Gasteiger partial charge in [-0.3, -0.25) is 14.5 Å². The molecule has 1 amide bonds. The molecule has 4 heterocycles. The number of nitrogens with one attached hydrogen (secondary N) is 1. The number of rotatable bonds is 4. The van der Waals surface area contributed by atoms with Gasteiger partial charge in [0.1, 0.15) is 11.5 Å². The Hall–Kier alpha value is -3.29. The molecule has 3 aromatic heterocycles. The van der Waals surface area contributed by atoms with Gasteiger partial charge in [0, 0.05) is 50.3 Å². The first kappa shape index (κ1) is 16.2. The zero-order chi connectivity index (χ0) is 17.8. The van der Waals surface area contributed by atoms with E-state index in [4.69, 9.17) is 0 Å². The van der Waals surface area contributed by atoms with E-state index in [2.05, 4.69) is 25.4 Å². The van der Waals surface area contributed by atoms with Gasteiger partial charge in [0.2, 0.25) is 0 Å². The lowest BCUT2D eigenvalue weighted by Crippen LogP contribution is -2.36. The van der Waals surface area contributed by atoms with Crippen LogP contribution in [0.15, 0.2) is 55.2 Å². The van der Waals surface area contributed by atoms with Crippen molar-refractivity contribution in [1.82, 2.24) is 29.6 Å². The second kappa shape index (κ2) is 7.30. The van der Waals surface area contributed by atoms with Crippen molar-refractivity contribution in [3.8, 4) is 0 Å². The normalized spacial score (nSPS) is 16.6. The van der Waals surface area contributed by atoms with Gasteiger partial charge in [0.05, 0.1) is 18.4 Å². The Labute approximate surface area is 150 Å². The van der Waals surface area contributed by atoms with Gasteiger partial charge in [-0.15, -0.1) is 0 Å². The third-order valence-electron chi connectivity index (χ3n) is 4.37. The second-order valence-corrected chi connectivity index (χ2v) is 6.24. The number of pyridine rings is 1. The Balaban J connectivity index is 1.53. The number of fused-ring (bicyclic) bond motifs is 1. The summed E-state index contributed by atoms with van der Waals surface area (Å²) >= 11 is 0. The SMILES string of the molecule is O=C(c1cnccn1)N1Cc2ccnn2CC(CNc2ccccn2)C1. The Bertz CT molecular complexity index is 866. The van der Waals surface area contributed by atoms with E-state index in [1.807, 2.05) is 33.8 Å². The van der Waals surface area contributed by atoms with Crippen LogP contribution in [-0.2, 0) is 13.1 Å². The predicted molar refractivity (Wildman–Crippen MR) is 95.2 cm³/mol. The minimum atomic E-state index is -0.115. The van der Waals surface area contributed by atoms with Gasteiger partial charge in [0.25, 0.3) is 5.91 Å². The average molecular weight is 349 g/mol. The lowest BCUT2D eigenvalue weighted by molar-refractivity contribution is 0.0717. The molecule has 0 saturated carbocycles. The third kappa shape index (κ3) is 3.53. The summed E-state index contributed by atoms with van der Waals surface area (Å²) in [6, 6.07) is 7.70. The van der Waals surface area contributed by atoms with Crippen LogP contribution >= 0.6 is 0 Å². The van der Waals surface area contributed by atoms with E-state index >= 15 is 0 Å². The molecule has 0 bridgehead atoms. The molecule has 0 radical (unpaired) electrons. The predicted octanol–water partition coefficient (Wildman–Crippen LogP) is 1.45. The van der Waals surface area contributed by atoms with Crippen molar-refractivity contribution in [3.63, 3.8) is 0 Å². The number of aromatic nitrogens is 5. The lowest BCUT2D eigenvalue weighted by Gasteiger charge is -2.24. The molecule has 1 N–H and O–H groups in total. The first-order chi connectivity index (χ1) is 12.8. The highest BCUT2D eigenvalue weighted by atomic mass is 16.2. The highest BCUT2D eigenvalue weighted by Gasteiger charge is 2.27. The fourth-order valence-electron chi connectivity index (χ4n) is 3.10. The van der Waals surface area contributed by atoms with Crippen LogP contribution in [0.4, 0.5) is 5.82 Å². The van der Waals surface area contributed by atoms with Gasteiger partial charge in [-0.1, -0.05) is 6.07 Å². The van der Waals surface area contributed by atoms with Crippen LogP contribution in [-0.4, -0.2) is 48.6 Å². The molecular formula is C18H19N7O. The maximum absolute atomic E-state index is 12.9. The van der Waals surface area contributed by atoms with Crippen LogP contribution in [0.5, 0.6) is 0 Å². The quantitative estimate of drug-likeness (QED) is 0.767. The molecule has 0 aromatic carbocycles. The second-order valence-electron chi connectivity index (χ2n) is 6.24. The van der Waals surface area contributed by atoms with Crippen molar-refractivity contribution in [1.29, 1.82) is 0 Å². The summed E-state index contributed by atoms with van der Waals surface area (Å²) < 4.78 is 1.97. The molecule has 1 aliphatic rings. The zero-order valence-electron chi connectivity index (χ0n) is 14.2. The van der Waals surface area contributed by atoms with E-state index in [1.54, 1.807) is 18.6 Å². The van der Waals surface area contributed by atoms with Crippen LogP contribution in [0.1, 0.15) is 16.2 Å². The maximum atomic E-state index is 12.9. The summed E-state index contributed by atoms with van der Waals surface area (Å²) in [7, 11) is 0.